The van der Waals surface area contributed by atoms with Gasteiger partial charge in [0, 0.05) is 59.0 Å². The average molecular weight is 340 g/mol. The fourth-order valence-electron chi connectivity index (χ4n) is 4.03. The summed E-state index contributed by atoms with van der Waals surface area (Å²) in [4.78, 5) is 15.4. The lowest BCUT2D eigenvalue weighted by Crippen LogP contribution is -2.54. The fraction of sp³-hybridized carbons (Fsp3) is 0.316. The van der Waals surface area contributed by atoms with Crippen molar-refractivity contribution in [3.8, 4) is 0 Å². The number of benzene rings is 2. The first-order chi connectivity index (χ1) is 11.6. The van der Waals surface area contributed by atoms with Gasteiger partial charge in [-0.2, -0.15) is 0 Å². The largest absolute Gasteiger partial charge is 0.550 e. The van der Waals surface area contributed by atoms with Gasteiger partial charge in [0.1, 0.15) is 0 Å². The van der Waals surface area contributed by atoms with E-state index in [0.29, 0.717) is 25.0 Å². The molecule has 1 saturated carbocycles. The van der Waals surface area contributed by atoms with E-state index in [1.54, 1.807) is 0 Å². The molecule has 4 nitrogen and oxygen atoms in total. The predicted molar refractivity (Wildman–Crippen MR) is 91.9 cm³/mol. The first-order valence-corrected chi connectivity index (χ1v) is 8.64. The number of carboxylic acids is 1. The Morgan fingerprint density at radius 2 is 1.92 bits per heavy atom. The highest BCUT2D eigenvalue weighted by molar-refractivity contribution is 6.30. The number of aliphatic carboxylic acids is 1. The van der Waals surface area contributed by atoms with Crippen LogP contribution in [0.25, 0.3) is 0 Å². The Hall–Kier alpha value is -2.20. The van der Waals surface area contributed by atoms with Gasteiger partial charge in [-0.1, -0.05) is 17.7 Å². The first-order valence-electron chi connectivity index (χ1n) is 8.26. The highest BCUT2D eigenvalue weighted by atomic mass is 35.5. The maximum atomic E-state index is 10.9. The van der Waals surface area contributed by atoms with E-state index < -0.39 is 5.97 Å². The van der Waals surface area contributed by atoms with Crippen LogP contribution in [0.2, 0.25) is 5.02 Å². The van der Waals surface area contributed by atoms with Crippen LogP contribution in [-0.2, 0) is 4.79 Å². The van der Waals surface area contributed by atoms with Crippen molar-refractivity contribution >= 4 is 34.6 Å². The van der Waals surface area contributed by atoms with Gasteiger partial charge in [0.2, 0.25) is 0 Å². The number of hydrogen-bond donors (Lipinski definition) is 0. The van der Waals surface area contributed by atoms with Gasteiger partial charge >= 0.3 is 0 Å². The van der Waals surface area contributed by atoms with Crippen molar-refractivity contribution in [3.63, 3.8) is 0 Å². The summed E-state index contributed by atoms with van der Waals surface area (Å²) in [5.41, 5.74) is 4.83. The van der Waals surface area contributed by atoms with E-state index in [1.165, 1.54) is 17.7 Å². The van der Waals surface area contributed by atoms with Crippen molar-refractivity contribution in [1.82, 2.24) is 0 Å². The Morgan fingerprint density at radius 1 is 1.12 bits per heavy atom. The van der Waals surface area contributed by atoms with Gasteiger partial charge < -0.3 is 19.7 Å². The van der Waals surface area contributed by atoms with E-state index in [0.717, 1.165) is 16.4 Å². The maximum Gasteiger partial charge on any atom is 0.0480 e. The third kappa shape index (κ3) is 2.02. The number of carbonyl (C=O) groups is 1. The molecule has 2 fully saturated rings. The normalized spacial score (nSPS) is 24.4. The topological polar surface area (TPSA) is 46.6 Å². The summed E-state index contributed by atoms with van der Waals surface area (Å²) in [6.45, 7) is 1.06. The Balaban J connectivity index is 1.45. The summed E-state index contributed by atoms with van der Waals surface area (Å²) >= 11 is 6.16. The van der Waals surface area contributed by atoms with Crippen molar-refractivity contribution in [3.05, 3.63) is 53.1 Å². The molecule has 0 aromatic heterocycles. The number of carboxylic acid groups (broad SMARTS) is 1. The minimum absolute atomic E-state index is 0.351. The highest BCUT2D eigenvalue weighted by Gasteiger charge is 2.51. The molecule has 0 amide bonds. The quantitative estimate of drug-likeness (QED) is 0.862. The van der Waals surface area contributed by atoms with Crippen LogP contribution >= 0.6 is 11.6 Å². The molecule has 0 N–H and O–H groups in total. The van der Waals surface area contributed by atoms with Gasteiger partial charge in [0.15, 0.2) is 0 Å². The number of fused-ring (bicyclic) bond motifs is 3. The summed E-state index contributed by atoms with van der Waals surface area (Å²) in [7, 11) is 0. The molecule has 1 saturated heterocycles. The molecule has 0 spiro atoms. The molecule has 1 aliphatic carbocycles. The molecule has 122 valence electrons. The van der Waals surface area contributed by atoms with Crippen molar-refractivity contribution < 1.29 is 9.90 Å². The molecule has 2 aliphatic heterocycles. The van der Waals surface area contributed by atoms with Crippen LogP contribution in [0, 0.1) is 5.92 Å². The van der Waals surface area contributed by atoms with E-state index in [9.17, 15) is 9.90 Å². The monoisotopic (exact) mass is 339 g/mol. The fourth-order valence-corrected chi connectivity index (χ4v) is 4.21. The van der Waals surface area contributed by atoms with E-state index in [2.05, 4.69) is 34.1 Å². The Labute approximate surface area is 145 Å². The summed E-state index contributed by atoms with van der Waals surface area (Å²) in [5, 5.41) is 11.7. The van der Waals surface area contributed by atoms with Crippen molar-refractivity contribution in [2.75, 3.05) is 22.9 Å². The predicted octanol–water partition coefficient (Wildman–Crippen LogP) is 2.53. The maximum absolute atomic E-state index is 10.9. The summed E-state index contributed by atoms with van der Waals surface area (Å²) in [6.07, 6.45) is 1.17. The molecule has 2 atom stereocenters. The molecule has 5 heteroatoms. The minimum Gasteiger partial charge on any atom is -0.550 e. The van der Waals surface area contributed by atoms with Crippen molar-refractivity contribution in [2.45, 2.75) is 18.4 Å². The Kier molecular flexibility index (Phi) is 2.89. The number of halogens is 1. The van der Waals surface area contributed by atoms with E-state index in [4.69, 9.17) is 11.6 Å². The van der Waals surface area contributed by atoms with E-state index in [1.807, 2.05) is 18.2 Å². The molecule has 3 aliphatic rings. The second kappa shape index (κ2) is 4.90. The molecule has 0 bridgehead atoms. The molecular weight excluding hydrogens is 324 g/mol. The molecule has 2 unspecified atom stereocenters. The second-order valence-electron chi connectivity index (χ2n) is 6.92. The molecule has 2 aromatic carbocycles. The zero-order valence-corrected chi connectivity index (χ0v) is 13.7. The van der Waals surface area contributed by atoms with Crippen LogP contribution < -0.4 is 14.9 Å². The molecule has 24 heavy (non-hydrogen) atoms. The third-order valence-corrected chi connectivity index (χ3v) is 5.66. The lowest BCUT2D eigenvalue weighted by atomic mass is 9.99. The Morgan fingerprint density at radius 3 is 2.71 bits per heavy atom. The Bertz CT molecular complexity index is 847. The van der Waals surface area contributed by atoms with Gasteiger partial charge in [0.05, 0.1) is 0 Å². The molecule has 2 heterocycles. The molecule has 2 aromatic rings. The highest BCUT2D eigenvalue weighted by Crippen LogP contribution is 2.59. The number of carbonyl (C=O) groups excluding carboxylic acids is 1. The average Bonchev–Trinajstić information content (AvgIpc) is 3.22. The summed E-state index contributed by atoms with van der Waals surface area (Å²) in [6, 6.07) is 15.0. The smallest absolute Gasteiger partial charge is 0.0480 e. The van der Waals surface area contributed by atoms with Crippen LogP contribution in [0.5, 0.6) is 0 Å². The summed E-state index contributed by atoms with van der Waals surface area (Å²) < 4.78 is 0. The lowest BCUT2D eigenvalue weighted by molar-refractivity contribution is -0.312. The minimum atomic E-state index is -0.950. The van der Waals surface area contributed by atoms with E-state index >= 15 is 0 Å². The van der Waals surface area contributed by atoms with Crippen LogP contribution in [0.15, 0.2) is 42.5 Å². The zero-order valence-electron chi connectivity index (χ0n) is 13.0. The standard InChI is InChI=1S/C19H17ClN2O2/c20-12-4-5-17-15(6-12)16-8-18(16)22(17)14-3-1-2-13(7-14)21-9-11(10-21)19(23)24/h1-7,11,16,18H,8-10H2,(H,23,24)/p-1. The first kappa shape index (κ1) is 14.2. The number of hydrogen-bond acceptors (Lipinski definition) is 4. The van der Waals surface area contributed by atoms with Gasteiger partial charge in [-0.3, -0.25) is 0 Å². The van der Waals surface area contributed by atoms with Crippen LogP contribution in [-0.4, -0.2) is 25.1 Å². The molecular formula is C19H16ClN2O2-. The molecule has 0 radical (unpaired) electrons. The van der Waals surface area contributed by atoms with Gasteiger partial charge in [0.25, 0.3) is 0 Å². The van der Waals surface area contributed by atoms with Gasteiger partial charge in [-0.25, -0.2) is 0 Å². The molecule has 5 rings (SSSR count). The number of rotatable bonds is 3. The van der Waals surface area contributed by atoms with Crippen molar-refractivity contribution in [2.24, 2.45) is 5.92 Å². The third-order valence-electron chi connectivity index (χ3n) is 5.42. The van der Waals surface area contributed by atoms with E-state index in [-0.39, 0.29) is 5.92 Å². The van der Waals surface area contributed by atoms with Crippen LogP contribution in [0.4, 0.5) is 17.1 Å². The lowest BCUT2D eigenvalue weighted by Gasteiger charge is -2.41. The summed E-state index contributed by atoms with van der Waals surface area (Å²) in [5.74, 6) is -0.710. The number of nitrogens with zero attached hydrogens (tertiary/aromatic N) is 2. The number of anilines is 3. The van der Waals surface area contributed by atoms with Crippen molar-refractivity contribution in [1.29, 1.82) is 0 Å². The van der Waals surface area contributed by atoms with Crippen LogP contribution in [0.1, 0.15) is 17.9 Å². The second-order valence-corrected chi connectivity index (χ2v) is 7.36. The van der Waals surface area contributed by atoms with Gasteiger partial charge in [-0.15, -0.1) is 0 Å². The SMILES string of the molecule is O=C([O-])C1CN(c2cccc(N3c4ccc(Cl)cc4C4CC43)c2)C1. The van der Waals surface area contributed by atoms with Crippen LogP contribution in [0.3, 0.4) is 0 Å². The zero-order chi connectivity index (χ0) is 16.4. The van der Waals surface area contributed by atoms with Gasteiger partial charge in [-0.05, 0) is 48.4 Å².